The predicted octanol–water partition coefficient (Wildman–Crippen LogP) is 6.16. The number of amides is 1. The van der Waals surface area contributed by atoms with E-state index in [1.807, 2.05) is 83.7 Å². The molecule has 1 amide bonds. The van der Waals surface area contributed by atoms with Gasteiger partial charge < -0.3 is 17.9 Å². The Hall–Kier alpha value is -3.73. The van der Waals surface area contributed by atoms with Gasteiger partial charge in [-0.2, -0.15) is 0 Å². The molecule has 0 spiro atoms. The van der Waals surface area contributed by atoms with Crippen LogP contribution in [0.25, 0.3) is 24.3 Å². The van der Waals surface area contributed by atoms with Gasteiger partial charge in [0.1, 0.15) is 17.4 Å². The lowest BCUT2D eigenvalue weighted by atomic mass is 9.97. The van der Waals surface area contributed by atoms with Crippen LogP contribution in [0, 0.1) is 0 Å². The molecule has 1 unspecified atom stereocenters. The Bertz CT molecular complexity index is 1220. The van der Waals surface area contributed by atoms with Crippen LogP contribution in [-0.2, 0) is 20.7 Å². The van der Waals surface area contributed by atoms with Crippen LogP contribution >= 0.6 is 23.0 Å². The minimum Gasteiger partial charge on any atom is -0.467 e. The number of alkyl carbamates (subject to hydrolysis) is 1. The summed E-state index contributed by atoms with van der Waals surface area (Å²) in [5.41, 5.74) is 3.61. The molecule has 2 heterocycles. The summed E-state index contributed by atoms with van der Waals surface area (Å²) in [6.45, 7) is 5.27. The number of methoxy groups -OCH3 is 1. The molecule has 3 aromatic rings. The standard InChI is InChI=1S/C29H30IN3O5/c1-29(2,3)37-28(35)33-25(27(34)36-4)19-22-17-23(7-5-20-9-13-31-14-10-20)26(38-30)24(18-22)8-6-21-11-15-32-16-12-21/h5-18,25H,19H2,1-4H3,(H,33,35)/b7-5+,8-6+. The van der Waals surface area contributed by atoms with Crippen molar-refractivity contribution in [1.82, 2.24) is 15.3 Å². The third kappa shape index (κ3) is 8.98. The molecule has 0 aliphatic heterocycles. The van der Waals surface area contributed by atoms with Gasteiger partial charge in [-0.1, -0.05) is 24.3 Å². The highest BCUT2D eigenvalue weighted by Crippen LogP contribution is 2.32. The molecule has 1 aromatic carbocycles. The Morgan fingerprint density at radius 2 is 1.42 bits per heavy atom. The lowest BCUT2D eigenvalue weighted by Crippen LogP contribution is -2.45. The molecule has 8 nitrogen and oxygen atoms in total. The van der Waals surface area contributed by atoms with E-state index in [1.165, 1.54) is 7.11 Å². The maximum Gasteiger partial charge on any atom is 0.408 e. The number of benzene rings is 1. The summed E-state index contributed by atoms with van der Waals surface area (Å²) in [5, 5.41) is 2.64. The van der Waals surface area contributed by atoms with Gasteiger partial charge in [0.15, 0.2) is 23.0 Å². The van der Waals surface area contributed by atoms with E-state index in [9.17, 15) is 9.59 Å². The van der Waals surface area contributed by atoms with Crippen LogP contribution in [0.5, 0.6) is 5.75 Å². The number of nitrogens with zero attached hydrogens (tertiary/aromatic N) is 2. The molecule has 0 saturated carbocycles. The van der Waals surface area contributed by atoms with E-state index in [-0.39, 0.29) is 6.42 Å². The van der Waals surface area contributed by atoms with Gasteiger partial charge in [-0.25, -0.2) is 9.59 Å². The summed E-state index contributed by atoms with van der Waals surface area (Å²) in [7, 11) is 1.28. The monoisotopic (exact) mass is 627 g/mol. The quantitative estimate of drug-likeness (QED) is 0.224. The van der Waals surface area contributed by atoms with E-state index in [0.717, 1.165) is 27.8 Å². The number of carbonyl (C=O) groups excluding carboxylic acids is 2. The molecule has 198 valence electrons. The molecule has 1 atom stereocenters. The van der Waals surface area contributed by atoms with Crippen LogP contribution in [0.2, 0.25) is 0 Å². The SMILES string of the molecule is COC(=O)C(Cc1cc(/C=C/c2ccncc2)c(OI)c(/C=C/c2ccncc2)c1)NC(=O)OC(C)(C)C. The van der Waals surface area contributed by atoms with Gasteiger partial charge in [0, 0.05) is 42.3 Å². The summed E-state index contributed by atoms with van der Waals surface area (Å²) in [5.74, 6) is 0.0764. The van der Waals surface area contributed by atoms with Crippen molar-refractivity contribution in [3.05, 3.63) is 89.0 Å². The molecule has 3 rings (SSSR count). The number of hydrogen-bond donors (Lipinski definition) is 1. The number of halogens is 1. The van der Waals surface area contributed by atoms with E-state index in [0.29, 0.717) is 5.75 Å². The van der Waals surface area contributed by atoms with Gasteiger partial charge >= 0.3 is 12.1 Å². The van der Waals surface area contributed by atoms with E-state index < -0.39 is 23.7 Å². The fraction of sp³-hybridized carbons (Fsp3) is 0.241. The van der Waals surface area contributed by atoms with E-state index in [2.05, 4.69) is 15.3 Å². The fourth-order valence-electron chi connectivity index (χ4n) is 3.54. The molecule has 0 aliphatic carbocycles. The number of ether oxygens (including phenoxy) is 2. The smallest absolute Gasteiger partial charge is 0.408 e. The summed E-state index contributed by atoms with van der Waals surface area (Å²) >= 11 is 1.86. The van der Waals surface area contributed by atoms with E-state index in [4.69, 9.17) is 12.5 Å². The van der Waals surface area contributed by atoms with Gasteiger partial charge in [-0.3, -0.25) is 9.97 Å². The zero-order chi connectivity index (χ0) is 27.5. The van der Waals surface area contributed by atoms with Crippen LogP contribution < -0.4 is 8.38 Å². The molecule has 0 saturated heterocycles. The zero-order valence-corrected chi connectivity index (χ0v) is 23.8. The van der Waals surface area contributed by atoms with Crippen molar-refractivity contribution in [1.29, 1.82) is 0 Å². The van der Waals surface area contributed by atoms with Crippen molar-refractivity contribution in [2.24, 2.45) is 0 Å². The molecule has 0 fully saturated rings. The minimum absolute atomic E-state index is 0.180. The number of rotatable bonds is 9. The van der Waals surface area contributed by atoms with Gasteiger partial charge in [0.05, 0.1) is 7.11 Å². The van der Waals surface area contributed by atoms with Gasteiger partial charge in [-0.05, 0) is 73.9 Å². The van der Waals surface area contributed by atoms with Gasteiger partial charge in [0.25, 0.3) is 0 Å². The van der Waals surface area contributed by atoms with Crippen LogP contribution in [0.3, 0.4) is 0 Å². The van der Waals surface area contributed by atoms with Crippen molar-refractivity contribution in [3.8, 4) is 5.75 Å². The number of esters is 1. The van der Waals surface area contributed by atoms with Crippen LogP contribution in [0.15, 0.2) is 61.2 Å². The molecule has 0 aliphatic rings. The second-order valence-electron chi connectivity index (χ2n) is 9.33. The average Bonchev–Trinajstić information content (AvgIpc) is 2.89. The van der Waals surface area contributed by atoms with Crippen molar-refractivity contribution < 1.29 is 22.1 Å². The average molecular weight is 627 g/mol. The first-order chi connectivity index (χ1) is 18.2. The summed E-state index contributed by atoms with van der Waals surface area (Å²) in [6, 6.07) is 10.5. The first-order valence-corrected chi connectivity index (χ1v) is 12.8. The van der Waals surface area contributed by atoms with Crippen molar-refractivity contribution >= 4 is 59.4 Å². The number of pyridine rings is 2. The van der Waals surface area contributed by atoms with Crippen molar-refractivity contribution in [2.45, 2.75) is 38.8 Å². The Balaban J connectivity index is 2.01. The zero-order valence-electron chi connectivity index (χ0n) is 21.7. The van der Waals surface area contributed by atoms with E-state index >= 15 is 0 Å². The van der Waals surface area contributed by atoms with Gasteiger partial charge in [0.2, 0.25) is 0 Å². The summed E-state index contributed by atoms with van der Waals surface area (Å²) in [6.07, 6.45) is 14.1. The lowest BCUT2D eigenvalue weighted by Gasteiger charge is -2.23. The molecule has 9 heteroatoms. The lowest BCUT2D eigenvalue weighted by molar-refractivity contribution is -0.143. The summed E-state index contributed by atoms with van der Waals surface area (Å²) < 4.78 is 16.1. The second-order valence-corrected chi connectivity index (χ2v) is 9.77. The van der Waals surface area contributed by atoms with E-state index in [1.54, 1.807) is 45.6 Å². The Labute approximate surface area is 236 Å². The Morgan fingerprint density at radius 3 is 1.84 bits per heavy atom. The highest BCUT2D eigenvalue weighted by molar-refractivity contribution is 14.1. The molecular weight excluding hydrogens is 597 g/mol. The molecular formula is C29H30IN3O5. The Morgan fingerprint density at radius 1 is 0.921 bits per heavy atom. The highest BCUT2D eigenvalue weighted by Gasteiger charge is 2.26. The molecule has 0 radical (unpaired) electrons. The highest BCUT2D eigenvalue weighted by atomic mass is 127. The molecule has 0 bridgehead atoms. The summed E-state index contributed by atoms with van der Waals surface area (Å²) in [4.78, 5) is 33.1. The van der Waals surface area contributed by atoms with Crippen LogP contribution in [-0.4, -0.2) is 40.8 Å². The topological polar surface area (TPSA) is 99.6 Å². The van der Waals surface area contributed by atoms with Gasteiger partial charge in [-0.15, -0.1) is 0 Å². The third-order valence-corrected chi connectivity index (χ3v) is 5.66. The maximum absolute atomic E-state index is 12.6. The van der Waals surface area contributed by atoms with Crippen LogP contribution in [0.4, 0.5) is 4.79 Å². The van der Waals surface area contributed by atoms with Crippen molar-refractivity contribution in [3.63, 3.8) is 0 Å². The largest absolute Gasteiger partial charge is 0.467 e. The number of aromatic nitrogens is 2. The second kappa shape index (κ2) is 13.7. The Kier molecular flexibility index (Phi) is 10.4. The third-order valence-electron chi connectivity index (χ3n) is 5.22. The molecule has 1 N–H and O–H groups in total. The molecule has 2 aromatic heterocycles. The van der Waals surface area contributed by atoms with Crippen molar-refractivity contribution in [2.75, 3.05) is 7.11 Å². The maximum atomic E-state index is 12.6. The minimum atomic E-state index is -0.949. The normalized spacial score (nSPS) is 12.3. The molecule has 38 heavy (non-hydrogen) atoms. The fourth-order valence-corrected chi connectivity index (χ4v) is 4.04. The number of carbonyl (C=O) groups is 2. The number of hydrogen-bond acceptors (Lipinski definition) is 7. The first-order valence-electron chi connectivity index (χ1n) is 11.9. The van der Waals surface area contributed by atoms with Crippen LogP contribution in [0.1, 0.15) is 48.6 Å². The predicted molar refractivity (Wildman–Crippen MR) is 156 cm³/mol. The number of nitrogens with one attached hydrogen (secondary N) is 1. The first kappa shape index (κ1) is 28.8.